The molecule has 0 heterocycles. The Morgan fingerprint density at radius 2 is 0.818 bits per heavy atom. The fourth-order valence-electron chi connectivity index (χ4n) is 10.6. The summed E-state index contributed by atoms with van der Waals surface area (Å²) in [4.78, 5) is 13.2. The van der Waals surface area contributed by atoms with Crippen LogP contribution in [0.2, 0.25) is 10.0 Å². The quantitative estimate of drug-likeness (QED) is 0.0144. The molecule has 1 N–H and O–H groups in total. The van der Waals surface area contributed by atoms with Crippen LogP contribution in [0.15, 0.2) is 306 Å². The van der Waals surface area contributed by atoms with Crippen LogP contribution in [0.4, 0.5) is 11.4 Å². The molecule has 14 aromatic rings. The number of halogens is 5. The summed E-state index contributed by atoms with van der Waals surface area (Å²) in [6.45, 7) is 13.0. The lowest BCUT2D eigenvalue weighted by Gasteiger charge is -2.15. The van der Waals surface area contributed by atoms with Gasteiger partial charge in [-0.25, -0.2) is 8.42 Å². The molecule has 0 atom stereocenters. The van der Waals surface area contributed by atoms with Gasteiger partial charge in [0.15, 0.2) is 27.2 Å². The first kappa shape index (κ1) is 85.9. The molecule has 0 aromatic heterocycles. The molecule has 0 amide bonds. The summed E-state index contributed by atoms with van der Waals surface area (Å²) >= 11 is 13.2. The molecule has 0 spiro atoms. The maximum atomic E-state index is 12.2. The molecule has 0 aliphatic rings. The van der Waals surface area contributed by atoms with Crippen molar-refractivity contribution in [3.63, 3.8) is 0 Å². The van der Waals surface area contributed by atoms with Crippen LogP contribution in [-0.4, -0.2) is 40.1 Å². The van der Waals surface area contributed by atoms with Crippen molar-refractivity contribution in [1.29, 1.82) is 0 Å². The Bertz CT molecular complexity index is 5230. The van der Waals surface area contributed by atoms with Gasteiger partial charge in [-0.2, -0.15) is 8.67 Å². The van der Waals surface area contributed by atoms with Crippen LogP contribution in [0.5, 0.6) is 17.2 Å². The first-order valence-corrected chi connectivity index (χ1v) is 43.9. The van der Waals surface area contributed by atoms with Crippen LogP contribution in [-0.2, 0) is 28.9 Å². The predicted molar refractivity (Wildman–Crippen MR) is 424 cm³/mol. The van der Waals surface area contributed by atoms with Crippen molar-refractivity contribution in [2.75, 3.05) is 26.6 Å². The van der Waals surface area contributed by atoms with Crippen LogP contribution in [0.3, 0.4) is 0 Å². The van der Waals surface area contributed by atoms with Gasteiger partial charge in [-0.3, -0.25) is 14.9 Å². The maximum Gasteiger partial charge on any atom is 0.357 e. The van der Waals surface area contributed by atoms with Crippen LogP contribution < -0.4 is 93.7 Å². The molecule has 22 heteroatoms. The summed E-state index contributed by atoms with van der Waals surface area (Å²) in [7, 11) is -0.185. The van der Waals surface area contributed by atoms with Crippen LogP contribution >= 0.6 is 47.3 Å². The van der Waals surface area contributed by atoms with Crippen molar-refractivity contribution in [2.24, 2.45) is 0 Å². The van der Waals surface area contributed by atoms with Gasteiger partial charge in [-0.1, -0.05) is 162 Å². The number of hydrogen-bond donors (Lipinski definition) is 1. The number of nitrogens with one attached hydrogen (secondary N) is 1. The Morgan fingerprint density at radius 1 is 0.391 bits per heavy atom. The summed E-state index contributed by atoms with van der Waals surface area (Å²) in [6, 6.07) is 95.0. The SMILES string of the molecule is COc1c2ccccc2c(OC)c2cc(SOO[O-])ccc12.COc1ccc(C(=O)c2ccccc2)cc1S(=O)(=O)[O-].Cc1ccc([I+]c2ccc(C)c(C)c2)cc1C.Cc1ccc([I+]c2ccc(C)cc2)cc1.Clc1ccc([I+]c2ccc(Cl)cc2)cc1.[O-]OOSc1ccc2cccc(Nc3ccccc3)c2c1. The molecule has 0 fully saturated rings. The first-order chi connectivity index (χ1) is 53.1. The summed E-state index contributed by atoms with van der Waals surface area (Å²) in [6.07, 6.45) is 0. The molecule has 110 heavy (non-hydrogen) atoms. The molecule has 14 aromatic carbocycles. The summed E-state index contributed by atoms with van der Waals surface area (Å²) in [5, 5.41) is 37.5. The molecule has 0 radical (unpaired) electrons. The summed E-state index contributed by atoms with van der Waals surface area (Å²) in [5.74, 6) is 1.09. The Kier molecular flexibility index (Phi) is 34.0. The Morgan fingerprint density at radius 3 is 1.28 bits per heavy atom. The van der Waals surface area contributed by atoms with E-state index in [2.05, 4.69) is 175 Å². The summed E-state index contributed by atoms with van der Waals surface area (Å²) in [5.41, 5.74) is 10.8. The van der Waals surface area contributed by atoms with Crippen molar-refractivity contribution >= 4 is 107 Å². The second-order valence-electron chi connectivity index (χ2n) is 24.2. The zero-order valence-electron chi connectivity index (χ0n) is 61.1. The number of benzene rings is 14. The van der Waals surface area contributed by atoms with Crippen LogP contribution in [0.25, 0.3) is 32.3 Å². The van der Waals surface area contributed by atoms with E-state index >= 15 is 0 Å². The fourth-order valence-corrected chi connectivity index (χ4v) is 19.3. The van der Waals surface area contributed by atoms with Crippen molar-refractivity contribution in [3.8, 4) is 17.2 Å². The number of para-hydroxylation sites is 1. The standard InChI is InChI=1S/C16H18I.C16H13NO3S.C16H14O5S.C14H14I.C14H12O5S.C12H8Cl2I/c1-11-5-7-15(9-13(11)3)17-16-8-6-12(2)14(4)10-16;18-19-20-21-14-10-9-12-5-4-8-16(15(12)11-14)17-13-6-2-1-3-7-13;1-18-15-11-5-3-4-6-12(11)16(19-2)14-9-10(22-21-20-17)7-8-13(14)15;1-11-3-7-13(8-4-11)15-14-9-5-12(2)6-10-14;1-19-12-8-7-11(9-13(12)20(16,17)18)14(15)10-5-3-2-4-6-10;13-9-1-5-11(6-2-9)15-12-7-3-10(14)4-8-12/h5-10H,1-4H3;1-11,17-18H;3-9,17H,1-2H3;3-10H,1-2H3;2-9H,1H3,(H,16,17,18);1-8H/q+1;;;+1;;+1/p-3. The smallest absolute Gasteiger partial charge is 0.357 e. The molecule has 0 saturated carbocycles. The molecular formula is C88H76Cl2I3NO13S3. The lowest BCUT2D eigenvalue weighted by molar-refractivity contribution is -0.777. The van der Waals surface area contributed by atoms with E-state index < -0.39 is 15.0 Å². The van der Waals surface area contributed by atoms with Crippen molar-refractivity contribution in [3.05, 3.63) is 367 Å². The lowest BCUT2D eigenvalue weighted by atomic mass is 10.0. The second kappa shape index (κ2) is 43.6. The van der Waals surface area contributed by atoms with E-state index in [1.54, 1.807) is 44.6 Å². The molecule has 564 valence electrons. The first-order valence-electron chi connectivity index (χ1n) is 33.8. The third-order valence-electron chi connectivity index (χ3n) is 16.5. The van der Waals surface area contributed by atoms with Crippen LogP contribution in [0.1, 0.15) is 49.3 Å². The van der Waals surface area contributed by atoms with E-state index in [4.69, 9.17) is 37.4 Å². The van der Waals surface area contributed by atoms with E-state index in [1.807, 2.05) is 133 Å². The van der Waals surface area contributed by atoms with Gasteiger partial charge in [-0.15, -0.1) is 0 Å². The van der Waals surface area contributed by atoms with Crippen molar-refractivity contribution < 1.29 is 125 Å². The second-order valence-corrected chi connectivity index (χ2v) is 37.0. The van der Waals surface area contributed by atoms with Gasteiger partial charge in [-0.05, 0) is 233 Å². The van der Waals surface area contributed by atoms with Gasteiger partial charge in [0.25, 0.3) is 0 Å². The minimum Gasteiger partial charge on any atom is -0.744 e. The number of ether oxygens (including phenoxy) is 3. The van der Waals surface area contributed by atoms with Gasteiger partial charge in [0.1, 0.15) is 27.4 Å². The third-order valence-corrected chi connectivity index (χ3v) is 26.9. The predicted octanol–water partition coefficient (Wildman–Crippen LogP) is 11.5. The topological polar surface area (TPSA) is 197 Å². The highest BCUT2D eigenvalue weighted by atomic mass is 127. The fraction of sp³-hybridized carbons (Fsp3) is 0.102. The Labute approximate surface area is 692 Å². The van der Waals surface area contributed by atoms with E-state index in [-0.39, 0.29) is 80.7 Å². The summed E-state index contributed by atoms with van der Waals surface area (Å²) < 4.78 is 67.0. The normalized spacial score (nSPS) is 10.7. The Hall–Kier alpha value is -8.13. The molecule has 0 unspecified atom stereocenters. The van der Waals surface area contributed by atoms with Gasteiger partial charge in [0.05, 0.1) is 50.3 Å². The zero-order valence-corrected chi connectivity index (χ0v) is 71.6. The number of carbonyl (C=O) groups is 1. The molecule has 0 aliphatic heterocycles. The highest BCUT2D eigenvalue weighted by Gasteiger charge is 2.21. The highest BCUT2D eigenvalue weighted by Crippen LogP contribution is 2.44. The molecule has 0 saturated heterocycles. The molecular weight excluding hydrogens is 1830 g/mol. The highest BCUT2D eigenvalue weighted by molar-refractivity contribution is 7.94. The van der Waals surface area contributed by atoms with Gasteiger partial charge in [0, 0.05) is 69.3 Å². The number of methoxy groups -OCH3 is 3. The van der Waals surface area contributed by atoms with E-state index in [0.717, 1.165) is 105 Å². The monoisotopic (exact) mass is 1900 g/mol. The minimum absolute atomic E-state index is 0.00313. The van der Waals surface area contributed by atoms with Gasteiger partial charge < -0.3 is 34.6 Å². The minimum atomic E-state index is -4.71. The number of anilines is 2. The number of aryl methyl sites for hydroxylation is 6. The van der Waals surface area contributed by atoms with Crippen molar-refractivity contribution in [2.45, 2.75) is 56.2 Å². The molecule has 14 rings (SSSR count). The largest absolute Gasteiger partial charge is 0.744 e. The number of ketones is 1. The lowest BCUT2D eigenvalue weighted by Crippen LogP contribution is -3.61. The average Bonchev–Trinajstić information content (AvgIpc) is 0.753. The van der Waals surface area contributed by atoms with Crippen LogP contribution in [0, 0.1) is 63.0 Å². The Balaban J connectivity index is 0.000000153. The van der Waals surface area contributed by atoms with Gasteiger partial charge >= 0.3 is 63.6 Å². The van der Waals surface area contributed by atoms with E-state index in [0.29, 0.717) is 5.56 Å². The molecule has 0 aliphatic carbocycles. The van der Waals surface area contributed by atoms with E-state index in [9.17, 15) is 28.3 Å². The number of carbonyl (C=O) groups excluding carboxylic acids is 1. The number of fused-ring (bicyclic) bond motifs is 3. The maximum absolute atomic E-state index is 12.2. The van der Waals surface area contributed by atoms with Gasteiger partial charge in [0.2, 0.25) is 0 Å². The zero-order chi connectivity index (χ0) is 78.5. The van der Waals surface area contributed by atoms with E-state index in [1.165, 1.54) is 74.0 Å². The molecule has 14 nitrogen and oxygen atoms in total. The van der Waals surface area contributed by atoms with Crippen molar-refractivity contribution in [1.82, 2.24) is 0 Å². The molecule has 0 bridgehead atoms. The average molecular weight is 1900 g/mol. The third kappa shape index (κ3) is 26.0. The number of hydrogen-bond acceptors (Lipinski definition) is 16. The number of rotatable bonds is 20.